The van der Waals surface area contributed by atoms with Gasteiger partial charge in [0.1, 0.15) is 22.1 Å². The van der Waals surface area contributed by atoms with Crippen molar-refractivity contribution >= 4 is 35.1 Å². The van der Waals surface area contributed by atoms with Gasteiger partial charge in [-0.3, -0.25) is 4.79 Å². The van der Waals surface area contributed by atoms with Gasteiger partial charge in [0.15, 0.2) is 0 Å². The summed E-state index contributed by atoms with van der Waals surface area (Å²) in [7, 11) is 0. The standard InChI is InChI=1S/C29H37Cl2N7O3/c1-19-16-25(30)36-27(31)26(19)28(39)33-11-6-20(2)37-12-7-24(8-13-37)38(18-23-5-3-4-22(17-32)34-23)29(40)35-21-9-14-41-15-10-21/h3-5,16,20-21,24H,6-15,18H2,1-2H3,(H,33,39)(H,35,40). The number of hydrogen-bond donors (Lipinski definition) is 2. The van der Waals surface area contributed by atoms with Crippen LogP contribution in [-0.2, 0) is 11.3 Å². The van der Waals surface area contributed by atoms with Crippen LogP contribution in [0.1, 0.15) is 66.3 Å². The van der Waals surface area contributed by atoms with Gasteiger partial charge in [0.2, 0.25) is 0 Å². The van der Waals surface area contributed by atoms with E-state index < -0.39 is 0 Å². The van der Waals surface area contributed by atoms with Crippen molar-refractivity contribution in [3.63, 3.8) is 0 Å². The van der Waals surface area contributed by atoms with Gasteiger partial charge in [0.05, 0.1) is 17.8 Å². The number of ether oxygens (including phenoxy) is 1. The minimum Gasteiger partial charge on any atom is -0.381 e. The molecule has 3 amide bonds. The number of pyridine rings is 2. The molecule has 220 valence electrons. The van der Waals surface area contributed by atoms with Gasteiger partial charge >= 0.3 is 6.03 Å². The Morgan fingerprint density at radius 1 is 1.20 bits per heavy atom. The molecular weight excluding hydrogens is 565 g/mol. The van der Waals surface area contributed by atoms with E-state index in [9.17, 15) is 14.9 Å². The number of aryl methyl sites for hydroxylation is 1. The van der Waals surface area contributed by atoms with E-state index in [4.69, 9.17) is 27.9 Å². The number of carbonyl (C=O) groups excluding carboxylic acids is 2. The van der Waals surface area contributed by atoms with Gasteiger partial charge in [-0.25, -0.2) is 14.8 Å². The van der Waals surface area contributed by atoms with E-state index in [-0.39, 0.29) is 40.4 Å². The lowest BCUT2D eigenvalue weighted by Crippen LogP contribution is -2.54. The lowest BCUT2D eigenvalue weighted by molar-refractivity contribution is 0.0707. The van der Waals surface area contributed by atoms with Crippen LogP contribution in [0, 0.1) is 18.3 Å². The number of piperidine rings is 1. The van der Waals surface area contributed by atoms with Crippen LogP contribution in [0.15, 0.2) is 24.3 Å². The van der Waals surface area contributed by atoms with Crippen molar-refractivity contribution in [1.29, 1.82) is 5.26 Å². The average Bonchev–Trinajstić information content (AvgIpc) is 2.96. The normalized spacial score (nSPS) is 17.4. The van der Waals surface area contributed by atoms with Crippen molar-refractivity contribution in [2.45, 2.75) is 70.6 Å². The van der Waals surface area contributed by atoms with Crippen molar-refractivity contribution in [2.75, 3.05) is 32.8 Å². The van der Waals surface area contributed by atoms with Gasteiger partial charge in [-0.05, 0) is 69.7 Å². The summed E-state index contributed by atoms with van der Waals surface area (Å²) in [6, 6.07) is 9.32. The van der Waals surface area contributed by atoms with Gasteiger partial charge in [0.25, 0.3) is 5.91 Å². The SMILES string of the molecule is Cc1cc(Cl)nc(Cl)c1C(=O)NCCC(C)N1CCC(N(Cc2cccc(C#N)n2)C(=O)NC2CCOCC2)CC1. The second-order valence-corrected chi connectivity index (χ2v) is 11.4. The van der Waals surface area contributed by atoms with Gasteiger partial charge < -0.3 is 25.2 Å². The second kappa shape index (κ2) is 14.8. The molecule has 4 rings (SSSR count). The minimum absolute atomic E-state index is 0.0491. The quantitative estimate of drug-likeness (QED) is 0.410. The molecule has 0 aliphatic carbocycles. The molecule has 0 bridgehead atoms. The lowest BCUT2D eigenvalue weighted by Gasteiger charge is -2.41. The fourth-order valence-electron chi connectivity index (χ4n) is 5.44. The zero-order valence-corrected chi connectivity index (χ0v) is 25.0. The Balaban J connectivity index is 1.32. The van der Waals surface area contributed by atoms with Crippen molar-refractivity contribution in [3.8, 4) is 6.07 Å². The first-order chi connectivity index (χ1) is 19.7. The highest BCUT2D eigenvalue weighted by molar-refractivity contribution is 6.34. The molecule has 2 saturated heterocycles. The molecule has 2 aromatic heterocycles. The second-order valence-electron chi connectivity index (χ2n) is 10.7. The van der Waals surface area contributed by atoms with Crippen LogP contribution >= 0.6 is 23.2 Å². The average molecular weight is 603 g/mol. The molecule has 2 fully saturated rings. The first-order valence-electron chi connectivity index (χ1n) is 14.1. The van der Waals surface area contributed by atoms with Gasteiger partial charge in [-0.1, -0.05) is 29.3 Å². The fraction of sp³-hybridized carbons (Fsp3) is 0.552. The zero-order valence-electron chi connectivity index (χ0n) is 23.5. The molecule has 0 radical (unpaired) electrons. The van der Waals surface area contributed by atoms with Gasteiger partial charge in [-0.2, -0.15) is 5.26 Å². The maximum absolute atomic E-state index is 13.5. The maximum atomic E-state index is 13.5. The predicted octanol–water partition coefficient (Wildman–Crippen LogP) is 4.33. The molecule has 0 aromatic carbocycles. The molecule has 2 aromatic rings. The summed E-state index contributed by atoms with van der Waals surface area (Å²) in [5, 5.41) is 15.8. The summed E-state index contributed by atoms with van der Waals surface area (Å²) < 4.78 is 5.44. The molecule has 4 heterocycles. The van der Waals surface area contributed by atoms with Crippen molar-refractivity contribution < 1.29 is 14.3 Å². The molecule has 0 saturated carbocycles. The fourth-order valence-corrected chi connectivity index (χ4v) is 6.06. The topological polar surface area (TPSA) is 123 Å². The van der Waals surface area contributed by atoms with E-state index in [0.717, 1.165) is 45.2 Å². The molecule has 0 spiro atoms. The smallest absolute Gasteiger partial charge is 0.318 e. The number of nitriles is 1. The predicted molar refractivity (Wildman–Crippen MR) is 157 cm³/mol. The van der Waals surface area contributed by atoms with Crippen molar-refractivity contribution in [3.05, 3.63) is 57.1 Å². The Bertz CT molecular complexity index is 1230. The van der Waals surface area contributed by atoms with Crippen molar-refractivity contribution in [2.24, 2.45) is 0 Å². The van der Waals surface area contributed by atoms with E-state index in [0.29, 0.717) is 48.8 Å². The van der Waals surface area contributed by atoms with E-state index in [1.165, 1.54) is 0 Å². The molecule has 2 aliphatic heterocycles. The van der Waals surface area contributed by atoms with E-state index in [1.807, 2.05) is 11.0 Å². The Kier molecular flexibility index (Phi) is 11.2. The number of nitrogens with zero attached hydrogens (tertiary/aromatic N) is 5. The van der Waals surface area contributed by atoms with Crippen molar-refractivity contribution in [1.82, 2.24) is 30.4 Å². The van der Waals surface area contributed by atoms with Crippen LogP contribution in [0.5, 0.6) is 0 Å². The van der Waals surface area contributed by atoms with Crippen LogP contribution in [0.3, 0.4) is 0 Å². The Labute approximate surface area is 251 Å². The number of urea groups is 1. The number of nitrogens with one attached hydrogen (secondary N) is 2. The highest BCUT2D eigenvalue weighted by Gasteiger charge is 2.31. The van der Waals surface area contributed by atoms with Crippen LogP contribution in [-0.4, -0.2) is 82.7 Å². The summed E-state index contributed by atoms with van der Waals surface area (Å²) in [5.74, 6) is -0.261. The summed E-state index contributed by atoms with van der Waals surface area (Å²) in [6.07, 6.45) is 4.01. The first kappa shape index (κ1) is 31.0. The number of hydrogen-bond acceptors (Lipinski definition) is 7. The number of aromatic nitrogens is 2. The lowest BCUT2D eigenvalue weighted by atomic mass is 10.0. The van der Waals surface area contributed by atoms with Crippen LogP contribution < -0.4 is 10.6 Å². The van der Waals surface area contributed by atoms with E-state index in [2.05, 4.69) is 38.5 Å². The molecule has 41 heavy (non-hydrogen) atoms. The Morgan fingerprint density at radius 2 is 1.93 bits per heavy atom. The summed E-state index contributed by atoms with van der Waals surface area (Å²) in [6.45, 7) is 7.74. The largest absolute Gasteiger partial charge is 0.381 e. The number of rotatable bonds is 9. The maximum Gasteiger partial charge on any atom is 0.318 e. The third-order valence-electron chi connectivity index (χ3n) is 7.84. The van der Waals surface area contributed by atoms with Gasteiger partial charge in [0, 0.05) is 51.0 Å². The van der Waals surface area contributed by atoms with Gasteiger partial charge in [-0.15, -0.1) is 0 Å². The van der Waals surface area contributed by atoms with Crippen LogP contribution in [0.2, 0.25) is 10.3 Å². The molecule has 2 aliphatic rings. The molecule has 1 atom stereocenters. The third kappa shape index (κ3) is 8.52. The summed E-state index contributed by atoms with van der Waals surface area (Å²) in [4.78, 5) is 38.9. The first-order valence-corrected chi connectivity index (χ1v) is 14.9. The Morgan fingerprint density at radius 3 is 2.61 bits per heavy atom. The van der Waals surface area contributed by atoms with E-state index in [1.54, 1.807) is 25.1 Å². The summed E-state index contributed by atoms with van der Waals surface area (Å²) >= 11 is 12.1. The number of carbonyl (C=O) groups is 2. The minimum atomic E-state index is -0.261. The number of halogens is 2. The highest BCUT2D eigenvalue weighted by Crippen LogP contribution is 2.23. The molecule has 1 unspecified atom stereocenters. The molecular formula is C29H37Cl2N7O3. The molecule has 2 N–H and O–H groups in total. The van der Waals surface area contributed by atoms with Crippen LogP contribution in [0.25, 0.3) is 0 Å². The Hall–Kier alpha value is -2.97. The number of likely N-dealkylation sites (tertiary alicyclic amines) is 1. The number of amides is 3. The monoisotopic (exact) mass is 601 g/mol. The summed E-state index contributed by atoms with van der Waals surface area (Å²) in [5.41, 5.74) is 2.07. The van der Waals surface area contributed by atoms with E-state index >= 15 is 0 Å². The highest BCUT2D eigenvalue weighted by atomic mass is 35.5. The zero-order chi connectivity index (χ0) is 29.4. The van der Waals surface area contributed by atoms with Crippen LogP contribution in [0.4, 0.5) is 4.79 Å². The molecule has 12 heteroatoms. The third-order valence-corrected chi connectivity index (χ3v) is 8.31. The molecule has 10 nitrogen and oxygen atoms in total.